The Morgan fingerprint density at radius 1 is 1.71 bits per heavy atom. The van der Waals surface area contributed by atoms with Crippen LogP contribution in [0.5, 0.6) is 0 Å². The number of nitrogens with zero attached hydrogens (tertiary/aromatic N) is 3. The van der Waals surface area contributed by atoms with E-state index in [9.17, 15) is 4.79 Å². The van der Waals surface area contributed by atoms with Gasteiger partial charge in [0.05, 0.1) is 18.9 Å². The summed E-state index contributed by atoms with van der Waals surface area (Å²) in [6.07, 6.45) is 3.20. The molecule has 0 spiro atoms. The molecule has 0 fully saturated rings. The third-order valence-electron chi connectivity index (χ3n) is 2.30. The molecule has 1 aromatic rings. The molecule has 0 aliphatic carbocycles. The fraction of sp³-hybridized carbons (Fsp3) is 0.333. The second-order valence-corrected chi connectivity index (χ2v) is 3.22. The summed E-state index contributed by atoms with van der Waals surface area (Å²) in [4.78, 5) is 13.0. The van der Waals surface area contributed by atoms with Gasteiger partial charge in [-0.2, -0.15) is 5.10 Å². The lowest BCUT2D eigenvalue weighted by Gasteiger charge is -2.12. The quantitative estimate of drug-likeness (QED) is 0.661. The maximum absolute atomic E-state index is 11.3. The number of carbonyl (C=O) groups excluding carboxylic acids is 1. The molecule has 2 heterocycles. The maximum atomic E-state index is 11.3. The van der Waals surface area contributed by atoms with Gasteiger partial charge in [0.2, 0.25) is 5.91 Å². The van der Waals surface area contributed by atoms with Gasteiger partial charge in [0.25, 0.3) is 0 Å². The van der Waals surface area contributed by atoms with Crippen molar-refractivity contribution in [2.45, 2.75) is 19.8 Å². The predicted octanol–water partition coefficient (Wildman–Crippen LogP) is -0.173. The summed E-state index contributed by atoms with van der Waals surface area (Å²) in [6, 6.07) is 0. The fourth-order valence-corrected chi connectivity index (χ4v) is 1.59. The molecule has 0 aromatic carbocycles. The minimum atomic E-state index is -0.0534. The normalized spacial score (nSPS) is 14.2. The van der Waals surface area contributed by atoms with Crippen LogP contribution < -0.4 is 5.73 Å². The van der Waals surface area contributed by atoms with Crippen LogP contribution in [0.1, 0.15) is 11.3 Å². The summed E-state index contributed by atoms with van der Waals surface area (Å²) in [6.45, 7) is 5.00. The van der Waals surface area contributed by atoms with Crippen LogP contribution in [-0.4, -0.2) is 20.6 Å². The molecule has 0 unspecified atom stereocenters. The van der Waals surface area contributed by atoms with E-state index in [0.717, 1.165) is 11.3 Å². The first-order chi connectivity index (χ1) is 6.74. The van der Waals surface area contributed by atoms with Crippen molar-refractivity contribution in [1.82, 2.24) is 14.7 Å². The van der Waals surface area contributed by atoms with Gasteiger partial charge >= 0.3 is 0 Å². The highest BCUT2D eigenvalue weighted by Crippen LogP contribution is 2.20. The van der Waals surface area contributed by atoms with Gasteiger partial charge in [0, 0.05) is 18.3 Å². The van der Waals surface area contributed by atoms with Crippen LogP contribution in [0.15, 0.2) is 18.9 Å². The first kappa shape index (κ1) is 8.96. The van der Waals surface area contributed by atoms with E-state index in [-0.39, 0.29) is 5.91 Å². The highest BCUT2D eigenvalue weighted by Gasteiger charge is 2.24. The first-order valence-corrected chi connectivity index (χ1v) is 4.41. The number of hydrogen-bond donors (Lipinski definition) is 1. The summed E-state index contributed by atoms with van der Waals surface area (Å²) in [5.74, 6) is -0.0534. The van der Waals surface area contributed by atoms with E-state index in [1.165, 1.54) is 6.08 Å². The molecule has 0 bridgehead atoms. The molecule has 0 saturated carbocycles. The molecule has 2 rings (SSSR count). The minimum Gasteiger partial charge on any atom is -0.329 e. The Kier molecular flexibility index (Phi) is 2.09. The van der Waals surface area contributed by atoms with Gasteiger partial charge in [-0.3, -0.25) is 9.48 Å². The van der Waals surface area contributed by atoms with Crippen LogP contribution in [0.3, 0.4) is 0 Å². The molecule has 5 nitrogen and oxygen atoms in total. The van der Waals surface area contributed by atoms with E-state index in [2.05, 4.69) is 11.7 Å². The van der Waals surface area contributed by atoms with Gasteiger partial charge < -0.3 is 10.6 Å². The molecule has 1 aliphatic heterocycles. The largest absolute Gasteiger partial charge is 0.329 e. The number of aromatic nitrogens is 2. The van der Waals surface area contributed by atoms with Crippen molar-refractivity contribution in [1.29, 1.82) is 0 Å². The molecular formula is C9H12N4O. The third-order valence-corrected chi connectivity index (χ3v) is 2.30. The van der Waals surface area contributed by atoms with Crippen molar-refractivity contribution in [3.8, 4) is 0 Å². The van der Waals surface area contributed by atoms with E-state index in [1.807, 2.05) is 6.20 Å². The summed E-state index contributed by atoms with van der Waals surface area (Å²) >= 11 is 0. The second kappa shape index (κ2) is 3.26. The van der Waals surface area contributed by atoms with Gasteiger partial charge in [-0.05, 0) is 6.08 Å². The SMILES string of the molecule is C=CC(=O)N1Cc2cn(CN)nc2C1. The molecule has 1 aliphatic rings. The van der Waals surface area contributed by atoms with E-state index in [0.29, 0.717) is 19.8 Å². The van der Waals surface area contributed by atoms with Crippen molar-refractivity contribution in [2.75, 3.05) is 0 Å². The van der Waals surface area contributed by atoms with Gasteiger partial charge in [-0.25, -0.2) is 0 Å². The van der Waals surface area contributed by atoms with Crippen LogP contribution in [0.2, 0.25) is 0 Å². The lowest BCUT2D eigenvalue weighted by molar-refractivity contribution is -0.126. The first-order valence-electron chi connectivity index (χ1n) is 4.41. The molecule has 0 radical (unpaired) electrons. The van der Waals surface area contributed by atoms with E-state index in [1.54, 1.807) is 9.58 Å². The van der Waals surface area contributed by atoms with E-state index < -0.39 is 0 Å². The zero-order valence-electron chi connectivity index (χ0n) is 7.81. The monoisotopic (exact) mass is 192 g/mol. The average Bonchev–Trinajstić information content (AvgIpc) is 2.72. The van der Waals surface area contributed by atoms with Crippen molar-refractivity contribution in [3.63, 3.8) is 0 Å². The van der Waals surface area contributed by atoms with E-state index in [4.69, 9.17) is 5.73 Å². The number of carbonyl (C=O) groups is 1. The predicted molar refractivity (Wildman–Crippen MR) is 50.9 cm³/mol. The van der Waals surface area contributed by atoms with Crippen LogP contribution in [0, 0.1) is 0 Å². The van der Waals surface area contributed by atoms with Crippen LogP contribution >= 0.6 is 0 Å². The third kappa shape index (κ3) is 1.31. The topological polar surface area (TPSA) is 64.2 Å². The van der Waals surface area contributed by atoms with Crippen LogP contribution in [-0.2, 0) is 24.6 Å². The molecule has 14 heavy (non-hydrogen) atoms. The Labute approximate surface area is 81.8 Å². The standard InChI is InChI=1S/C9H12N4O/c1-2-9(14)12-3-7-4-13(6-10)11-8(7)5-12/h2,4H,1,3,5-6,10H2. The van der Waals surface area contributed by atoms with Gasteiger partial charge in [-0.1, -0.05) is 6.58 Å². The number of nitrogens with two attached hydrogens (primary N) is 1. The number of rotatable bonds is 2. The zero-order chi connectivity index (χ0) is 10.1. The molecule has 0 saturated heterocycles. The summed E-state index contributed by atoms with van der Waals surface area (Å²) in [7, 11) is 0. The number of fused-ring (bicyclic) bond motifs is 1. The minimum absolute atomic E-state index is 0.0534. The van der Waals surface area contributed by atoms with Crippen molar-refractivity contribution in [2.24, 2.45) is 5.73 Å². The van der Waals surface area contributed by atoms with Crippen molar-refractivity contribution in [3.05, 3.63) is 30.1 Å². The van der Waals surface area contributed by atoms with Gasteiger partial charge in [-0.15, -0.1) is 0 Å². The Balaban J connectivity index is 2.16. The lowest BCUT2D eigenvalue weighted by Crippen LogP contribution is -2.23. The van der Waals surface area contributed by atoms with Crippen molar-refractivity contribution < 1.29 is 4.79 Å². The molecule has 5 heteroatoms. The Hall–Kier alpha value is -1.62. The molecule has 0 atom stereocenters. The summed E-state index contributed by atoms with van der Waals surface area (Å²) in [5.41, 5.74) is 7.45. The lowest BCUT2D eigenvalue weighted by atomic mass is 10.3. The molecule has 1 aromatic heterocycles. The highest BCUT2D eigenvalue weighted by atomic mass is 16.2. The Morgan fingerprint density at radius 3 is 3.07 bits per heavy atom. The molecule has 2 N–H and O–H groups in total. The molecule has 74 valence electrons. The van der Waals surface area contributed by atoms with Crippen molar-refractivity contribution >= 4 is 5.91 Å². The van der Waals surface area contributed by atoms with Crippen LogP contribution in [0.25, 0.3) is 0 Å². The number of hydrogen-bond acceptors (Lipinski definition) is 3. The van der Waals surface area contributed by atoms with E-state index >= 15 is 0 Å². The molecule has 1 amide bonds. The smallest absolute Gasteiger partial charge is 0.246 e. The summed E-state index contributed by atoms with van der Waals surface area (Å²) in [5, 5.41) is 4.24. The maximum Gasteiger partial charge on any atom is 0.246 e. The van der Waals surface area contributed by atoms with Gasteiger partial charge in [0.15, 0.2) is 0 Å². The average molecular weight is 192 g/mol. The second-order valence-electron chi connectivity index (χ2n) is 3.22. The van der Waals surface area contributed by atoms with Gasteiger partial charge in [0.1, 0.15) is 0 Å². The summed E-state index contributed by atoms with van der Waals surface area (Å²) < 4.78 is 1.68. The Morgan fingerprint density at radius 2 is 2.50 bits per heavy atom. The zero-order valence-corrected chi connectivity index (χ0v) is 7.81. The number of amides is 1. The fourth-order valence-electron chi connectivity index (χ4n) is 1.59. The Bertz CT molecular complexity index is 359. The van der Waals surface area contributed by atoms with Crippen LogP contribution in [0.4, 0.5) is 0 Å². The molecular weight excluding hydrogens is 180 g/mol. The highest BCUT2D eigenvalue weighted by molar-refractivity contribution is 5.87.